The van der Waals surface area contributed by atoms with Crippen molar-refractivity contribution in [2.24, 2.45) is 0 Å². The van der Waals surface area contributed by atoms with Crippen molar-refractivity contribution < 1.29 is 14.2 Å². The molecule has 0 amide bonds. The Bertz CT molecular complexity index is 302. The summed E-state index contributed by atoms with van der Waals surface area (Å²) in [7, 11) is 3.28. The number of anilines is 1. The van der Waals surface area contributed by atoms with Crippen LogP contribution in [0.1, 0.15) is 6.42 Å². The number of hydrogen-bond acceptors (Lipinski definition) is 4. The summed E-state index contributed by atoms with van der Waals surface area (Å²) in [5, 5.41) is 0. The van der Waals surface area contributed by atoms with E-state index in [1.54, 1.807) is 32.4 Å². The first-order valence-corrected chi connectivity index (χ1v) is 4.83. The van der Waals surface area contributed by atoms with Gasteiger partial charge in [0.25, 0.3) is 0 Å². The molecule has 1 aromatic carbocycles. The first-order valence-electron chi connectivity index (χ1n) is 4.83. The zero-order chi connectivity index (χ0) is 11.1. The molecule has 0 aliphatic rings. The summed E-state index contributed by atoms with van der Waals surface area (Å²) in [5.41, 5.74) is 6.37. The highest BCUT2D eigenvalue weighted by molar-refractivity contribution is 5.55. The molecule has 0 aliphatic carbocycles. The van der Waals surface area contributed by atoms with Crippen LogP contribution in [0.2, 0.25) is 0 Å². The Hall–Kier alpha value is -1.42. The summed E-state index contributed by atoms with van der Waals surface area (Å²) in [4.78, 5) is 0. The molecule has 0 atom stereocenters. The van der Waals surface area contributed by atoms with E-state index in [4.69, 9.17) is 19.9 Å². The van der Waals surface area contributed by atoms with E-state index < -0.39 is 0 Å². The lowest BCUT2D eigenvalue weighted by atomic mass is 10.3. The van der Waals surface area contributed by atoms with Crippen molar-refractivity contribution in [3.63, 3.8) is 0 Å². The van der Waals surface area contributed by atoms with Gasteiger partial charge in [0.05, 0.1) is 19.4 Å². The van der Waals surface area contributed by atoms with Crippen LogP contribution in [0.4, 0.5) is 5.69 Å². The molecule has 2 N–H and O–H groups in total. The Morgan fingerprint density at radius 3 is 2.67 bits per heavy atom. The number of nitrogen functional groups attached to an aromatic ring is 1. The van der Waals surface area contributed by atoms with Crippen molar-refractivity contribution in [2.75, 3.05) is 33.2 Å². The average Bonchev–Trinajstić information content (AvgIpc) is 2.26. The molecule has 15 heavy (non-hydrogen) atoms. The Kier molecular flexibility index (Phi) is 4.77. The maximum atomic E-state index is 5.75. The molecule has 0 unspecified atom stereocenters. The quantitative estimate of drug-likeness (QED) is 0.574. The molecule has 84 valence electrons. The molecule has 0 aromatic heterocycles. The van der Waals surface area contributed by atoms with Gasteiger partial charge in [-0.15, -0.1) is 0 Å². The standard InChI is InChI=1S/C11H17NO3/c1-13-6-3-7-15-11-8-9(14-2)4-5-10(11)12/h4-5,8H,3,6-7,12H2,1-2H3. The van der Waals surface area contributed by atoms with Crippen LogP contribution in [-0.4, -0.2) is 27.4 Å². The normalized spacial score (nSPS) is 10.0. The van der Waals surface area contributed by atoms with Crippen LogP contribution in [0.15, 0.2) is 18.2 Å². The zero-order valence-electron chi connectivity index (χ0n) is 9.16. The topological polar surface area (TPSA) is 53.7 Å². The van der Waals surface area contributed by atoms with Crippen molar-refractivity contribution >= 4 is 5.69 Å². The Labute approximate surface area is 89.9 Å². The van der Waals surface area contributed by atoms with E-state index in [1.807, 2.05) is 0 Å². The smallest absolute Gasteiger partial charge is 0.145 e. The molecule has 0 radical (unpaired) electrons. The van der Waals surface area contributed by atoms with Gasteiger partial charge in [-0.25, -0.2) is 0 Å². The van der Waals surface area contributed by atoms with Gasteiger partial charge in [0.2, 0.25) is 0 Å². The summed E-state index contributed by atoms with van der Waals surface area (Å²) >= 11 is 0. The van der Waals surface area contributed by atoms with Crippen LogP contribution in [0, 0.1) is 0 Å². The zero-order valence-corrected chi connectivity index (χ0v) is 9.16. The minimum absolute atomic E-state index is 0.588. The number of hydrogen-bond donors (Lipinski definition) is 1. The summed E-state index contributed by atoms with van der Waals surface area (Å²) in [6.45, 7) is 1.27. The van der Waals surface area contributed by atoms with Gasteiger partial charge >= 0.3 is 0 Å². The minimum atomic E-state index is 0.588. The molecule has 0 saturated heterocycles. The van der Waals surface area contributed by atoms with E-state index in [0.717, 1.165) is 12.2 Å². The van der Waals surface area contributed by atoms with Crippen molar-refractivity contribution in [2.45, 2.75) is 6.42 Å². The van der Waals surface area contributed by atoms with E-state index in [1.165, 1.54) is 0 Å². The molecular formula is C11H17NO3. The fourth-order valence-electron chi connectivity index (χ4n) is 1.15. The molecule has 1 rings (SSSR count). The van der Waals surface area contributed by atoms with Crippen molar-refractivity contribution in [3.05, 3.63) is 18.2 Å². The largest absolute Gasteiger partial charge is 0.497 e. The lowest BCUT2D eigenvalue weighted by molar-refractivity contribution is 0.172. The lowest BCUT2D eigenvalue weighted by Gasteiger charge is -2.09. The summed E-state index contributed by atoms with van der Waals surface area (Å²) in [6.07, 6.45) is 0.840. The predicted octanol–water partition coefficient (Wildman–Crippen LogP) is 1.69. The third-order valence-corrected chi connectivity index (χ3v) is 1.97. The number of rotatable bonds is 6. The first kappa shape index (κ1) is 11.7. The molecule has 0 aliphatic heterocycles. The van der Waals surface area contributed by atoms with Crippen LogP contribution in [0.5, 0.6) is 11.5 Å². The maximum absolute atomic E-state index is 5.75. The summed E-state index contributed by atoms with van der Waals surface area (Å²) in [6, 6.07) is 5.35. The molecule has 0 spiro atoms. The van der Waals surface area contributed by atoms with Gasteiger partial charge in [-0.3, -0.25) is 0 Å². The highest BCUT2D eigenvalue weighted by atomic mass is 16.5. The Morgan fingerprint density at radius 1 is 1.20 bits per heavy atom. The molecule has 4 nitrogen and oxygen atoms in total. The molecule has 0 bridgehead atoms. The van der Waals surface area contributed by atoms with Crippen molar-refractivity contribution in [1.29, 1.82) is 0 Å². The molecular weight excluding hydrogens is 194 g/mol. The van der Waals surface area contributed by atoms with E-state index in [9.17, 15) is 0 Å². The molecule has 0 saturated carbocycles. The average molecular weight is 211 g/mol. The predicted molar refractivity (Wildman–Crippen MR) is 59.4 cm³/mol. The fourth-order valence-corrected chi connectivity index (χ4v) is 1.15. The maximum Gasteiger partial charge on any atom is 0.145 e. The second-order valence-corrected chi connectivity index (χ2v) is 3.10. The fraction of sp³-hybridized carbons (Fsp3) is 0.455. The van der Waals surface area contributed by atoms with Crippen LogP contribution in [0.3, 0.4) is 0 Å². The highest BCUT2D eigenvalue weighted by Gasteiger charge is 2.02. The van der Waals surface area contributed by atoms with Crippen LogP contribution in [0.25, 0.3) is 0 Å². The second kappa shape index (κ2) is 6.14. The summed E-state index contributed by atoms with van der Waals surface area (Å²) < 4.78 is 15.5. The number of methoxy groups -OCH3 is 2. The van der Waals surface area contributed by atoms with E-state index in [0.29, 0.717) is 24.7 Å². The van der Waals surface area contributed by atoms with Gasteiger partial charge < -0.3 is 19.9 Å². The van der Waals surface area contributed by atoms with Crippen LogP contribution < -0.4 is 15.2 Å². The third kappa shape index (κ3) is 3.67. The van der Waals surface area contributed by atoms with Gasteiger partial charge in [0.1, 0.15) is 11.5 Å². The molecule has 0 fully saturated rings. The lowest BCUT2D eigenvalue weighted by Crippen LogP contribution is -2.03. The number of ether oxygens (including phenoxy) is 3. The van der Waals surface area contributed by atoms with Gasteiger partial charge in [0, 0.05) is 26.2 Å². The third-order valence-electron chi connectivity index (χ3n) is 1.97. The Morgan fingerprint density at radius 2 is 2.00 bits per heavy atom. The monoisotopic (exact) mass is 211 g/mol. The van der Waals surface area contributed by atoms with E-state index in [2.05, 4.69) is 0 Å². The number of benzene rings is 1. The van der Waals surface area contributed by atoms with Gasteiger partial charge in [-0.05, 0) is 12.1 Å². The first-order chi connectivity index (χ1) is 7.27. The Balaban J connectivity index is 2.51. The van der Waals surface area contributed by atoms with E-state index in [-0.39, 0.29) is 0 Å². The summed E-state index contributed by atoms with van der Waals surface area (Å²) in [5.74, 6) is 1.40. The highest BCUT2D eigenvalue weighted by Crippen LogP contribution is 2.26. The van der Waals surface area contributed by atoms with Crippen LogP contribution >= 0.6 is 0 Å². The van der Waals surface area contributed by atoms with Crippen LogP contribution in [-0.2, 0) is 4.74 Å². The van der Waals surface area contributed by atoms with E-state index >= 15 is 0 Å². The SMILES string of the molecule is COCCCOc1cc(OC)ccc1N. The molecule has 4 heteroatoms. The van der Waals surface area contributed by atoms with Gasteiger partial charge in [0.15, 0.2) is 0 Å². The second-order valence-electron chi connectivity index (χ2n) is 3.10. The minimum Gasteiger partial charge on any atom is -0.497 e. The molecule has 1 aromatic rings. The van der Waals surface area contributed by atoms with Gasteiger partial charge in [-0.1, -0.05) is 0 Å². The van der Waals surface area contributed by atoms with Gasteiger partial charge in [-0.2, -0.15) is 0 Å². The van der Waals surface area contributed by atoms with Crippen molar-refractivity contribution in [3.8, 4) is 11.5 Å². The number of nitrogens with two attached hydrogens (primary N) is 1. The van der Waals surface area contributed by atoms with Crippen molar-refractivity contribution in [1.82, 2.24) is 0 Å². The molecule has 0 heterocycles.